The largest absolute Gasteiger partial charge is 0.392 e. The third kappa shape index (κ3) is 5.85. The second-order valence-electron chi connectivity index (χ2n) is 6.09. The van der Waals surface area contributed by atoms with Gasteiger partial charge in [-0.3, -0.25) is 4.79 Å². The molecule has 0 bridgehead atoms. The highest BCUT2D eigenvalue weighted by atomic mass is 16.3. The SMILES string of the molecule is CC(C)(C)CC(N)CC(=O)Nc1ccccc1CO. The lowest BCUT2D eigenvalue weighted by molar-refractivity contribution is -0.116. The molecule has 0 aliphatic carbocycles. The third-order valence-corrected chi connectivity index (χ3v) is 2.78. The summed E-state index contributed by atoms with van der Waals surface area (Å²) in [5.74, 6) is -0.113. The number of nitrogens with one attached hydrogen (secondary N) is 1. The molecule has 0 saturated heterocycles. The number of anilines is 1. The summed E-state index contributed by atoms with van der Waals surface area (Å²) in [6.45, 7) is 6.22. The quantitative estimate of drug-likeness (QED) is 0.763. The molecule has 0 spiro atoms. The van der Waals surface area contributed by atoms with E-state index in [1.54, 1.807) is 12.1 Å². The third-order valence-electron chi connectivity index (χ3n) is 2.78. The topological polar surface area (TPSA) is 75.4 Å². The zero-order valence-corrected chi connectivity index (χ0v) is 11.9. The summed E-state index contributed by atoms with van der Waals surface area (Å²) in [7, 11) is 0. The van der Waals surface area contributed by atoms with Gasteiger partial charge in [0, 0.05) is 23.7 Å². The summed E-state index contributed by atoms with van der Waals surface area (Å²) in [5.41, 5.74) is 7.45. The Balaban J connectivity index is 2.56. The van der Waals surface area contributed by atoms with E-state index < -0.39 is 0 Å². The number of aliphatic hydroxyl groups excluding tert-OH is 1. The first-order chi connectivity index (χ1) is 8.81. The molecule has 1 amide bonds. The van der Waals surface area contributed by atoms with E-state index in [-0.39, 0.29) is 30.4 Å². The van der Waals surface area contributed by atoms with E-state index >= 15 is 0 Å². The predicted octanol–water partition coefficient (Wildman–Crippen LogP) is 2.27. The molecule has 1 atom stereocenters. The fourth-order valence-electron chi connectivity index (χ4n) is 2.08. The number of aliphatic hydroxyl groups is 1. The highest BCUT2D eigenvalue weighted by Crippen LogP contribution is 2.21. The van der Waals surface area contributed by atoms with Crippen LogP contribution in [0.1, 0.15) is 39.2 Å². The zero-order valence-electron chi connectivity index (χ0n) is 11.9. The normalized spacial score (nSPS) is 13.1. The Labute approximate surface area is 115 Å². The highest BCUT2D eigenvalue weighted by Gasteiger charge is 2.18. The molecule has 1 aromatic carbocycles. The molecule has 1 rings (SSSR count). The van der Waals surface area contributed by atoms with Crippen LogP contribution in [-0.2, 0) is 11.4 Å². The maximum atomic E-state index is 11.9. The minimum absolute atomic E-state index is 0.0928. The Hall–Kier alpha value is -1.39. The van der Waals surface area contributed by atoms with E-state index in [4.69, 9.17) is 5.73 Å². The summed E-state index contributed by atoms with van der Waals surface area (Å²) in [4.78, 5) is 11.9. The van der Waals surface area contributed by atoms with Crippen molar-refractivity contribution in [3.05, 3.63) is 29.8 Å². The molecule has 4 N–H and O–H groups in total. The molecule has 1 unspecified atom stereocenters. The lowest BCUT2D eigenvalue weighted by Gasteiger charge is -2.22. The fraction of sp³-hybridized carbons (Fsp3) is 0.533. The lowest BCUT2D eigenvalue weighted by Crippen LogP contribution is -2.31. The van der Waals surface area contributed by atoms with Gasteiger partial charge in [-0.1, -0.05) is 39.0 Å². The van der Waals surface area contributed by atoms with Crippen molar-refractivity contribution >= 4 is 11.6 Å². The van der Waals surface area contributed by atoms with Gasteiger partial charge >= 0.3 is 0 Å². The number of amides is 1. The van der Waals surface area contributed by atoms with Gasteiger partial charge < -0.3 is 16.2 Å². The van der Waals surface area contributed by atoms with Crippen LogP contribution >= 0.6 is 0 Å². The first-order valence-corrected chi connectivity index (χ1v) is 6.56. The van der Waals surface area contributed by atoms with Crippen molar-refractivity contribution in [3.63, 3.8) is 0 Å². The Morgan fingerprint density at radius 2 is 2.00 bits per heavy atom. The van der Waals surface area contributed by atoms with E-state index in [0.717, 1.165) is 6.42 Å². The van der Waals surface area contributed by atoms with Crippen molar-refractivity contribution < 1.29 is 9.90 Å². The standard InChI is InChI=1S/C15H24N2O2/c1-15(2,3)9-12(16)8-14(19)17-13-7-5-4-6-11(13)10-18/h4-7,12,18H,8-10,16H2,1-3H3,(H,17,19). The Morgan fingerprint density at radius 3 is 2.58 bits per heavy atom. The zero-order chi connectivity index (χ0) is 14.5. The summed E-state index contributed by atoms with van der Waals surface area (Å²) in [5, 5.41) is 12.0. The van der Waals surface area contributed by atoms with Crippen LogP contribution in [0.4, 0.5) is 5.69 Å². The molecular weight excluding hydrogens is 240 g/mol. The van der Waals surface area contributed by atoms with E-state index in [0.29, 0.717) is 11.3 Å². The van der Waals surface area contributed by atoms with Gasteiger partial charge in [-0.15, -0.1) is 0 Å². The van der Waals surface area contributed by atoms with Gasteiger partial charge in [-0.05, 0) is 17.9 Å². The van der Waals surface area contributed by atoms with E-state index in [9.17, 15) is 9.90 Å². The van der Waals surface area contributed by atoms with Gasteiger partial charge in [-0.2, -0.15) is 0 Å². The highest BCUT2D eigenvalue weighted by molar-refractivity contribution is 5.91. The molecule has 0 saturated carbocycles. The molecule has 0 heterocycles. The summed E-state index contributed by atoms with van der Waals surface area (Å²) in [6, 6.07) is 7.06. The van der Waals surface area contributed by atoms with Crippen LogP contribution in [0, 0.1) is 5.41 Å². The van der Waals surface area contributed by atoms with Crippen LogP contribution in [0.25, 0.3) is 0 Å². The summed E-state index contributed by atoms with van der Waals surface area (Å²) >= 11 is 0. The maximum absolute atomic E-state index is 11.9. The average molecular weight is 264 g/mol. The Bertz CT molecular complexity index is 424. The number of benzene rings is 1. The van der Waals surface area contributed by atoms with E-state index in [1.807, 2.05) is 12.1 Å². The summed E-state index contributed by atoms with van der Waals surface area (Å²) in [6.07, 6.45) is 1.08. The van der Waals surface area contributed by atoms with Crippen molar-refractivity contribution in [2.75, 3.05) is 5.32 Å². The van der Waals surface area contributed by atoms with Gasteiger partial charge in [0.25, 0.3) is 0 Å². The number of carbonyl (C=O) groups excluding carboxylic acids is 1. The Morgan fingerprint density at radius 1 is 1.37 bits per heavy atom. The maximum Gasteiger partial charge on any atom is 0.225 e. The fourth-order valence-corrected chi connectivity index (χ4v) is 2.08. The predicted molar refractivity (Wildman–Crippen MR) is 77.7 cm³/mol. The number of para-hydroxylation sites is 1. The van der Waals surface area contributed by atoms with Crippen LogP contribution < -0.4 is 11.1 Å². The number of rotatable bonds is 5. The second-order valence-corrected chi connectivity index (χ2v) is 6.09. The molecule has 0 aliphatic rings. The number of hydrogen-bond donors (Lipinski definition) is 3. The van der Waals surface area contributed by atoms with Gasteiger partial charge in [0.05, 0.1) is 6.61 Å². The molecule has 4 heteroatoms. The molecule has 1 aromatic rings. The van der Waals surface area contributed by atoms with Gasteiger partial charge in [0.1, 0.15) is 0 Å². The number of carbonyl (C=O) groups is 1. The number of nitrogens with two attached hydrogens (primary N) is 1. The van der Waals surface area contributed by atoms with Crippen LogP contribution in [0.5, 0.6) is 0 Å². The monoisotopic (exact) mass is 264 g/mol. The minimum Gasteiger partial charge on any atom is -0.392 e. The second kappa shape index (κ2) is 6.68. The van der Waals surface area contributed by atoms with Crippen molar-refractivity contribution in [3.8, 4) is 0 Å². The lowest BCUT2D eigenvalue weighted by atomic mass is 9.87. The first kappa shape index (κ1) is 15.7. The van der Waals surface area contributed by atoms with Crippen molar-refractivity contribution in [1.82, 2.24) is 0 Å². The van der Waals surface area contributed by atoms with E-state index in [1.165, 1.54) is 0 Å². The van der Waals surface area contributed by atoms with Crippen molar-refractivity contribution in [2.24, 2.45) is 11.1 Å². The number of hydrogen-bond acceptors (Lipinski definition) is 3. The molecule has 19 heavy (non-hydrogen) atoms. The molecule has 4 nitrogen and oxygen atoms in total. The molecule has 0 radical (unpaired) electrons. The summed E-state index contributed by atoms with van der Waals surface area (Å²) < 4.78 is 0. The first-order valence-electron chi connectivity index (χ1n) is 6.56. The average Bonchev–Trinajstić information content (AvgIpc) is 2.26. The van der Waals surface area contributed by atoms with Gasteiger partial charge in [0.15, 0.2) is 0 Å². The van der Waals surface area contributed by atoms with Crippen LogP contribution in [0.2, 0.25) is 0 Å². The molecule has 106 valence electrons. The molecule has 0 fully saturated rings. The minimum atomic E-state index is -0.152. The van der Waals surface area contributed by atoms with Crippen molar-refractivity contribution in [2.45, 2.75) is 46.3 Å². The van der Waals surface area contributed by atoms with Crippen LogP contribution in [-0.4, -0.2) is 17.1 Å². The van der Waals surface area contributed by atoms with Crippen LogP contribution in [0.15, 0.2) is 24.3 Å². The van der Waals surface area contributed by atoms with Gasteiger partial charge in [-0.25, -0.2) is 0 Å². The molecule has 0 aliphatic heterocycles. The molecular formula is C15H24N2O2. The Kier molecular flexibility index (Phi) is 5.51. The van der Waals surface area contributed by atoms with Gasteiger partial charge in [0.2, 0.25) is 5.91 Å². The smallest absolute Gasteiger partial charge is 0.225 e. The van der Waals surface area contributed by atoms with E-state index in [2.05, 4.69) is 26.1 Å². The van der Waals surface area contributed by atoms with Crippen molar-refractivity contribution in [1.29, 1.82) is 0 Å². The van der Waals surface area contributed by atoms with Crippen LogP contribution in [0.3, 0.4) is 0 Å². The molecule has 0 aromatic heterocycles.